The molecule has 0 amide bonds. The van der Waals surface area contributed by atoms with Crippen LogP contribution < -0.4 is 20.3 Å². The van der Waals surface area contributed by atoms with Crippen LogP contribution >= 0.6 is 24.0 Å². The molecule has 170 valence electrons. The first-order valence-corrected chi connectivity index (χ1v) is 10.8. The van der Waals surface area contributed by atoms with Crippen LogP contribution in [0.15, 0.2) is 29.3 Å². The van der Waals surface area contributed by atoms with Crippen LogP contribution in [0.4, 0.5) is 5.69 Å². The highest BCUT2D eigenvalue weighted by molar-refractivity contribution is 14.0. The summed E-state index contributed by atoms with van der Waals surface area (Å²) in [5.74, 6) is 2.37. The van der Waals surface area contributed by atoms with E-state index in [1.165, 1.54) is 0 Å². The van der Waals surface area contributed by atoms with Gasteiger partial charge in [0.2, 0.25) is 0 Å². The fraction of sp³-hybridized carbons (Fsp3) is 0.682. The second kappa shape index (κ2) is 13.9. The van der Waals surface area contributed by atoms with Gasteiger partial charge in [0.05, 0.1) is 26.0 Å². The summed E-state index contributed by atoms with van der Waals surface area (Å²) in [6, 6.07) is 8.59. The van der Waals surface area contributed by atoms with Gasteiger partial charge in [0.25, 0.3) is 0 Å². The van der Waals surface area contributed by atoms with E-state index in [2.05, 4.69) is 32.7 Å². The highest BCUT2D eigenvalue weighted by Gasteiger charge is 2.22. The standard InChI is InChI=1S/C22H36N4O3.HI/c1-23-22(24-11-6-13-28-16-18-10-14-29-17-18)25-19-7-5-12-26(15-19)20-8-3-4-9-21(20)27-2;/h3-4,8-9,18-19H,5-7,10-17H2,1-2H3,(H2,23,24,25);1H. The number of nitrogens with zero attached hydrogens (tertiary/aromatic N) is 2. The normalized spacial score (nSPS) is 21.8. The van der Waals surface area contributed by atoms with Crippen molar-refractivity contribution >= 4 is 35.6 Å². The second-order valence-corrected chi connectivity index (χ2v) is 7.76. The maximum absolute atomic E-state index is 5.77. The van der Waals surface area contributed by atoms with Gasteiger partial charge in [-0.1, -0.05) is 12.1 Å². The summed E-state index contributed by atoms with van der Waals surface area (Å²) in [5.41, 5.74) is 1.16. The maximum atomic E-state index is 5.77. The zero-order valence-corrected chi connectivity index (χ0v) is 20.6. The third-order valence-corrected chi connectivity index (χ3v) is 5.55. The average molecular weight is 532 g/mol. The third kappa shape index (κ3) is 7.77. The van der Waals surface area contributed by atoms with Crippen LogP contribution in [-0.2, 0) is 9.47 Å². The number of guanidine groups is 1. The molecule has 2 aliphatic heterocycles. The number of hydrogen-bond donors (Lipinski definition) is 2. The molecule has 2 unspecified atom stereocenters. The molecule has 0 aromatic heterocycles. The van der Waals surface area contributed by atoms with E-state index >= 15 is 0 Å². The van der Waals surface area contributed by atoms with Crippen LogP contribution in [0.25, 0.3) is 0 Å². The molecular weight excluding hydrogens is 495 g/mol. The fourth-order valence-electron chi connectivity index (χ4n) is 3.94. The summed E-state index contributed by atoms with van der Waals surface area (Å²) >= 11 is 0. The molecule has 30 heavy (non-hydrogen) atoms. The van der Waals surface area contributed by atoms with Crippen molar-refractivity contribution in [3.63, 3.8) is 0 Å². The molecular formula is C22H37IN4O3. The van der Waals surface area contributed by atoms with E-state index in [4.69, 9.17) is 14.2 Å². The third-order valence-electron chi connectivity index (χ3n) is 5.55. The Bertz CT molecular complexity index is 641. The number of piperidine rings is 1. The molecule has 2 heterocycles. The first kappa shape index (κ1) is 25.0. The number of rotatable bonds is 9. The van der Waals surface area contributed by atoms with E-state index in [0.29, 0.717) is 12.0 Å². The number of nitrogens with one attached hydrogen (secondary N) is 2. The van der Waals surface area contributed by atoms with Crippen molar-refractivity contribution in [1.82, 2.24) is 10.6 Å². The lowest BCUT2D eigenvalue weighted by molar-refractivity contribution is 0.0888. The number of benzene rings is 1. The Morgan fingerprint density at radius 1 is 1.30 bits per heavy atom. The Hall–Kier alpha value is -1.26. The monoisotopic (exact) mass is 532 g/mol. The maximum Gasteiger partial charge on any atom is 0.191 e. The largest absolute Gasteiger partial charge is 0.495 e. The average Bonchev–Trinajstić information content (AvgIpc) is 3.29. The van der Waals surface area contributed by atoms with Crippen molar-refractivity contribution in [2.24, 2.45) is 10.9 Å². The lowest BCUT2D eigenvalue weighted by Crippen LogP contribution is -2.51. The fourth-order valence-corrected chi connectivity index (χ4v) is 3.94. The van der Waals surface area contributed by atoms with Crippen molar-refractivity contribution in [2.45, 2.75) is 31.7 Å². The van der Waals surface area contributed by atoms with Crippen LogP contribution in [-0.4, -0.2) is 72.2 Å². The smallest absolute Gasteiger partial charge is 0.191 e. The highest BCUT2D eigenvalue weighted by atomic mass is 127. The topological polar surface area (TPSA) is 67.4 Å². The minimum Gasteiger partial charge on any atom is -0.495 e. The van der Waals surface area contributed by atoms with E-state index in [9.17, 15) is 0 Å². The molecule has 1 aromatic carbocycles. The Morgan fingerprint density at radius 3 is 2.93 bits per heavy atom. The minimum atomic E-state index is 0. The summed E-state index contributed by atoms with van der Waals surface area (Å²) < 4.78 is 16.7. The Kier molecular flexibility index (Phi) is 11.6. The molecule has 2 atom stereocenters. The van der Waals surface area contributed by atoms with E-state index in [-0.39, 0.29) is 24.0 Å². The molecule has 2 aliphatic rings. The molecule has 2 N–H and O–H groups in total. The van der Waals surface area contributed by atoms with Crippen LogP contribution in [0.5, 0.6) is 5.75 Å². The Labute approximate surface area is 197 Å². The molecule has 0 radical (unpaired) electrons. The predicted octanol–water partition coefficient (Wildman–Crippen LogP) is 2.89. The van der Waals surface area contributed by atoms with Crippen LogP contribution in [0, 0.1) is 5.92 Å². The van der Waals surface area contributed by atoms with Crippen LogP contribution in [0.3, 0.4) is 0 Å². The summed E-state index contributed by atoms with van der Waals surface area (Å²) in [6.45, 7) is 6.15. The Balaban J connectivity index is 0.00000320. The number of anilines is 1. The van der Waals surface area contributed by atoms with Crippen molar-refractivity contribution < 1.29 is 14.2 Å². The summed E-state index contributed by atoms with van der Waals surface area (Å²) in [4.78, 5) is 6.79. The zero-order chi connectivity index (χ0) is 20.3. The minimum absolute atomic E-state index is 0. The van der Waals surface area contributed by atoms with Gasteiger partial charge in [-0.25, -0.2) is 0 Å². The van der Waals surface area contributed by atoms with Crippen molar-refractivity contribution in [2.75, 3.05) is 65.1 Å². The molecule has 0 saturated carbocycles. The van der Waals surface area contributed by atoms with E-state index in [1.807, 2.05) is 19.2 Å². The number of halogens is 1. The Morgan fingerprint density at radius 2 is 2.17 bits per heavy atom. The first-order valence-electron chi connectivity index (χ1n) is 10.8. The highest BCUT2D eigenvalue weighted by Crippen LogP contribution is 2.29. The molecule has 0 bridgehead atoms. The molecule has 7 nitrogen and oxygen atoms in total. The quantitative estimate of drug-likeness (QED) is 0.221. The summed E-state index contributed by atoms with van der Waals surface area (Å²) in [7, 11) is 3.56. The SMILES string of the molecule is CN=C(NCCCOCC1CCOC1)NC1CCCN(c2ccccc2OC)C1.I. The summed E-state index contributed by atoms with van der Waals surface area (Å²) in [5, 5.41) is 6.99. The lowest BCUT2D eigenvalue weighted by Gasteiger charge is -2.36. The van der Waals surface area contributed by atoms with E-state index < -0.39 is 0 Å². The van der Waals surface area contributed by atoms with Gasteiger partial charge in [-0.2, -0.15) is 0 Å². The van der Waals surface area contributed by atoms with Gasteiger partial charge in [-0.05, 0) is 37.8 Å². The molecule has 2 saturated heterocycles. The molecule has 0 spiro atoms. The molecule has 2 fully saturated rings. The van der Waals surface area contributed by atoms with Crippen molar-refractivity contribution in [3.8, 4) is 5.75 Å². The number of aliphatic imine (C=N–C) groups is 1. The van der Waals surface area contributed by atoms with Crippen molar-refractivity contribution in [3.05, 3.63) is 24.3 Å². The van der Waals surface area contributed by atoms with Gasteiger partial charge in [0.1, 0.15) is 5.75 Å². The molecule has 3 rings (SSSR count). The molecule has 0 aliphatic carbocycles. The number of para-hydroxylation sites is 2. The van der Waals surface area contributed by atoms with Gasteiger partial charge in [0, 0.05) is 51.9 Å². The van der Waals surface area contributed by atoms with Gasteiger partial charge in [-0.3, -0.25) is 4.99 Å². The van der Waals surface area contributed by atoms with Gasteiger partial charge in [-0.15, -0.1) is 24.0 Å². The zero-order valence-electron chi connectivity index (χ0n) is 18.3. The molecule has 1 aromatic rings. The predicted molar refractivity (Wildman–Crippen MR) is 133 cm³/mol. The molecule has 8 heteroatoms. The number of methoxy groups -OCH3 is 1. The second-order valence-electron chi connectivity index (χ2n) is 7.76. The van der Waals surface area contributed by atoms with Gasteiger partial charge in [0.15, 0.2) is 5.96 Å². The van der Waals surface area contributed by atoms with E-state index in [1.54, 1.807) is 7.11 Å². The van der Waals surface area contributed by atoms with E-state index in [0.717, 1.165) is 89.1 Å². The number of hydrogen-bond acceptors (Lipinski definition) is 5. The number of ether oxygens (including phenoxy) is 3. The lowest BCUT2D eigenvalue weighted by atomic mass is 10.0. The van der Waals surface area contributed by atoms with Crippen molar-refractivity contribution in [1.29, 1.82) is 0 Å². The van der Waals surface area contributed by atoms with Gasteiger partial charge >= 0.3 is 0 Å². The van der Waals surface area contributed by atoms with Gasteiger partial charge < -0.3 is 29.7 Å². The van der Waals surface area contributed by atoms with Crippen LogP contribution in [0.2, 0.25) is 0 Å². The summed E-state index contributed by atoms with van der Waals surface area (Å²) in [6.07, 6.45) is 4.37. The first-order chi connectivity index (χ1) is 14.3. The van der Waals surface area contributed by atoms with Crippen LogP contribution in [0.1, 0.15) is 25.7 Å².